The Balaban J connectivity index is 2.14. The van der Waals surface area contributed by atoms with Crippen LogP contribution < -0.4 is 5.73 Å². The first kappa shape index (κ1) is 14.4. The Morgan fingerprint density at radius 1 is 1.26 bits per heavy atom. The number of nitrogens with two attached hydrogens (primary N) is 1. The maximum absolute atomic E-state index is 5.77. The van der Waals surface area contributed by atoms with Crippen LogP contribution in [0.5, 0.6) is 0 Å². The molecule has 0 saturated carbocycles. The molecule has 0 spiro atoms. The molecular weight excluding hydrogens is 236 g/mol. The summed E-state index contributed by atoms with van der Waals surface area (Å²) in [5, 5.41) is 0. The number of benzene rings is 1. The van der Waals surface area contributed by atoms with Crippen molar-refractivity contribution in [3.63, 3.8) is 0 Å². The second kappa shape index (κ2) is 5.14. The zero-order valence-electron chi connectivity index (χ0n) is 12.6. The third kappa shape index (κ3) is 3.28. The van der Waals surface area contributed by atoms with E-state index in [2.05, 4.69) is 44.7 Å². The van der Waals surface area contributed by atoms with Crippen LogP contribution >= 0.6 is 0 Å². The van der Waals surface area contributed by atoms with Crippen molar-refractivity contribution in [1.82, 2.24) is 4.90 Å². The molecule has 0 aliphatic carbocycles. The van der Waals surface area contributed by atoms with Crippen molar-refractivity contribution >= 4 is 5.69 Å². The molecule has 2 rings (SSSR count). The summed E-state index contributed by atoms with van der Waals surface area (Å²) in [5.41, 5.74) is 8.16. The normalized spacial score (nSPS) is 20.4. The molecule has 0 aromatic heterocycles. The molecule has 2 N–H and O–H groups in total. The van der Waals surface area contributed by atoms with Gasteiger partial charge in [0.1, 0.15) is 0 Å². The highest BCUT2D eigenvalue weighted by Gasteiger charge is 2.34. The predicted molar refractivity (Wildman–Crippen MR) is 80.4 cm³/mol. The average molecular weight is 262 g/mol. The minimum Gasteiger partial charge on any atom is -0.399 e. The number of nitrogen functional groups attached to an aromatic ring is 1. The van der Waals surface area contributed by atoms with Gasteiger partial charge in [0, 0.05) is 29.7 Å². The van der Waals surface area contributed by atoms with E-state index in [4.69, 9.17) is 10.5 Å². The predicted octanol–water partition coefficient (Wildman–Crippen LogP) is 2.66. The van der Waals surface area contributed by atoms with Gasteiger partial charge in [-0.2, -0.15) is 0 Å². The van der Waals surface area contributed by atoms with E-state index in [9.17, 15) is 0 Å². The first-order valence-corrected chi connectivity index (χ1v) is 7.00. The third-order valence-electron chi connectivity index (χ3n) is 4.10. The first-order valence-electron chi connectivity index (χ1n) is 7.00. The fraction of sp³-hybridized carbons (Fsp3) is 0.625. The molecular formula is C16H26N2O. The van der Waals surface area contributed by atoms with Gasteiger partial charge in [-0.3, -0.25) is 4.90 Å². The highest BCUT2D eigenvalue weighted by molar-refractivity contribution is 5.41. The van der Waals surface area contributed by atoms with Gasteiger partial charge >= 0.3 is 0 Å². The molecule has 0 amide bonds. The Labute approximate surface area is 116 Å². The van der Waals surface area contributed by atoms with E-state index < -0.39 is 0 Å². The summed E-state index contributed by atoms with van der Waals surface area (Å²) in [5.74, 6) is 0. The van der Waals surface area contributed by atoms with E-state index >= 15 is 0 Å². The second-order valence-electron chi connectivity index (χ2n) is 6.79. The maximum Gasteiger partial charge on any atom is 0.0645 e. The van der Waals surface area contributed by atoms with Crippen molar-refractivity contribution in [3.8, 4) is 0 Å². The molecule has 0 atom stereocenters. The zero-order valence-corrected chi connectivity index (χ0v) is 12.6. The van der Waals surface area contributed by atoms with Crippen molar-refractivity contribution < 1.29 is 4.74 Å². The maximum atomic E-state index is 5.77. The minimum absolute atomic E-state index is 0.113. The third-order valence-corrected chi connectivity index (χ3v) is 4.10. The zero-order chi connectivity index (χ0) is 14.1. The molecule has 1 aliphatic heterocycles. The molecule has 1 saturated heterocycles. The molecule has 1 aromatic carbocycles. The summed E-state index contributed by atoms with van der Waals surface area (Å²) in [6, 6.07) is 8.26. The lowest BCUT2D eigenvalue weighted by Crippen LogP contribution is -2.56. The number of anilines is 1. The molecule has 3 nitrogen and oxygen atoms in total. The van der Waals surface area contributed by atoms with E-state index in [-0.39, 0.29) is 11.0 Å². The fourth-order valence-corrected chi connectivity index (χ4v) is 2.69. The standard InChI is InChI=1S/C16H26N2O/c1-15(2,13-5-7-14(17)8-6-13)11-18-9-10-19-12-16(18,3)4/h5-8H,9-12,17H2,1-4H3. The summed E-state index contributed by atoms with van der Waals surface area (Å²) in [6.45, 7) is 12.8. The Hall–Kier alpha value is -1.06. The van der Waals surface area contributed by atoms with Gasteiger partial charge < -0.3 is 10.5 Å². The smallest absolute Gasteiger partial charge is 0.0645 e. The number of ether oxygens (including phenoxy) is 1. The van der Waals surface area contributed by atoms with E-state index in [0.29, 0.717) is 0 Å². The molecule has 1 aromatic rings. The van der Waals surface area contributed by atoms with Crippen LogP contribution in [-0.4, -0.2) is 36.7 Å². The van der Waals surface area contributed by atoms with Gasteiger partial charge in [0.2, 0.25) is 0 Å². The monoisotopic (exact) mass is 262 g/mol. The van der Waals surface area contributed by atoms with Gasteiger partial charge in [-0.1, -0.05) is 26.0 Å². The first-order chi connectivity index (χ1) is 8.81. The van der Waals surface area contributed by atoms with Crippen LogP contribution in [0.15, 0.2) is 24.3 Å². The Bertz CT molecular complexity index is 423. The summed E-state index contributed by atoms with van der Waals surface area (Å²) in [7, 11) is 0. The van der Waals surface area contributed by atoms with Gasteiger partial charge in [-0.25, -0.2) is 0 Å². The van der Waals surface area contributed by atoms with Gasteiger partial charge in [0.05, 0.1) is 13.2 Å². The van der Waals surface area contributed by atoms with Crippen molar-refractivity contribution in [1.29, 1.82) is 0 Å². The molecule has 19 heavy (non-hydrogen) atoms. The van der Waals surface area contributed by atoms with Crippen LogP contribution in [0.3, 0.4) is 0 Å². The number of morpholine rings is 1. The number of nitrogens with zero attached hydrogens (tertiary/aromatic N) is 1. The molecule has 106 valence electrons. The van der Waals surface area contributed by atoms with Crippen molar-refractivity contribution in [2.75, 3.05) is 32.0 Å². The van der Waals surface area contributed by atoms with Gasteiger partial charge in [-0.05, 0) is 31.5 Å². The number of hydrogen-bond donors (Lipinski definition) is 1. The molecule has 1 aliphatic rings. The highest BCUT2D eigenvalue weighted by atomic mass is 16.5. The van der Waals surface area contributed by atoms with Crippen LogP contribution in [0, 0.1) is 0 Å². The van der Waals surface area contributed by atoms with E-state index in [1.807, 2.05) is 12.1 Å². The summed E-state index contributed by atoms with van der Waals surface area (Å²) < 4.78 is 5.59. The van der Waals surface area contributed by atoms with Crippen molar-refractivity contribution in [3.05, 3.63) is 29.8 Å². The number of rotatable bonds is 3. The fourth-order valence-electron chi connectivity index (χ4n) is 2.69. The number of hydrogen-bond acceptors (Lipinski definition) is 3. The SMILES string of the molecule is CC(C)(CN1CCOCC1(C)C)c1ccc(N)cc1. The average Bonchev–Trinajstić information content (AvgIpc) is 2.32. The largest absolute Gasteiger partial charge is 0.399 e. The van der Waals surface area contributed by atoms with E-state index in [0.717, 1.165) is 32.0 Å². The van der Waals surface area contributed by atoms with Crippen LogP contribution in [0.4, 0.5) is 5.69 Å². The molecule has 1 heterocycles. The van der Waals surface area contributed by atoms with Crippen LogP contribution in [0.1, 0.15) is 33.3 Å². The van der Waals surface area contributed by atoms with E-state index in [1.165, 1.54) is 5.56 Å². The van der Waals surface area contributed by atoms with Gasteiger partial charge in [0.25, 0.3) is 0 Å². The summed E-state index contributed by atoms with van der Waals surface area (Å²) >= 11 is 0. The van der Waals surface area contributed by atoms with Crippen LogP contribution in [0.2, 0.25) is 0 Å². The van der Waals surface area contributed by atoms with E-state index in [1.54, 1.807) is 0 Å². The molecule has 0 bridgehead atoms. The molecule has 0 radical (unpaired) electrons. The quantitative estimate of drug-likeness (QED) is 0.851. The topological polar surface area (TPSA) is 38.5 Å². The van der Waals surface area contributed by atoms with Crippen molar-refractivity contribution in [2.45, 2.75) is 38.6 Å². The Morgan fingerprint density at radius 2 is 1.89 bits per heavy atom. The van der Waals surface area contributed by atoms with Crippen molar-refractivity contribution in [2.24, 2.45) is 0 Å². The second-order valence-corrected chi connectivity index (χ2v) is 6.79. The van der Waals surface area contributed by atoms with Gasteiger partial charge in [0.15, 0.2) is 0 Å². The van der Waals surface area contributed by atoms with Crippen LogP contribution in [-0.2, 0) is 10.2 Å². The lowest BCUT2D eigenvalue weighted by molar-refractivity contribution is -0.0581. The molecule has 0 unspecified atom stereocenters. The summed E-state index contributed by atoms with van der Waals surface area (Å²) in [4.78, 5) is 2.53. The minimum atomic E-state index is 0.113. The van der Waals surface area contributed by atoms with Crippen LogP contribution in [0.25, 0.3) is 0 Å². The lowest BCUT2D eigenvalue weighted by atomic mass is 9.82. The Kier molecular flexibility index (Phi) is 3.88. The van der Waals surface area contributed by atoms with Gasteiger partial charge in [-0.15, -0.1) is 0 Å². The molecule has 1 fully saturated rings. The Morgan fingerprint density at radius 3 is 2.47 bits per heavy atom. The molecule has 3 heteroatoms. The summed E-state index contributed by atoms with van der Waals surface area (Å²) in [6.07, 6.45) is 0. The highest BCUT2D eigenvalue weighted by Crippen LogP contribution is 2.29. The lowest BCUT2D eigenvalue weighted by Gasteiger charge is -2.45.